The summed E-state index contributed by atoms with van der Waals surface area (Å²) in [5.74, 6) is 0. The molecular formula is C34H67NO15. The Labute approximate surface area is 299 Å². The summed E-state index contributed by atoms with van der Waals surface area (Å²) < 4.78 is 76.4. The topological polar surface area (TPSA) is 158 Å². The molecule has 1 N–H and O–H groups in total. The number of alkyl carbamates (subject to hydrolysis) is 1. The Morgan fingerprint density at radius 1 is 0.500 bits per heavy atom. The summed E-state index contributed by atoms with van der Waals surface area (Å²) in [6.07, 6.45) is 2.72. The van der Waals surface area contributed by atoms with Gasteiger partial charge in [-0.25, -0.2) is 4.79 Å². The summed E-state index contributed by atoms with van der Waals surface area (Å²) in [5, 5.41) is 2.63. The first-order chi connectivity index (χ1) is 24.5. The molecule has 1 unspecified atom stereocenters. The molecule has 0 aromatic carbocycles. The Hall–Kier alpha value is -1.25. The standard InChI is InChI=1S/C34H67NO15/c1-34(2,3)50-33(36)35-7-9-37-10-11-38-12-13-39-14-15-40-16-17-41-18-19-42-20-21-43-22-23-44-24-25-45-26-27-46-28-29-47-30-31-49-32-6-4-5-8-48-32/h32H,4-31H2,1-3H3,(H,35,36). The van der Waals surface area contributed by atoms with Crippen molar-refractivity contribution in [2.75, 3.05) is 165 Å². The van der Waals surface area contributed by atoms with Crippen molar-refractivity contribution in [1.82, 2.24) is 5.32 Å². The molecule has 1 aliphatic heterocycles. The third-order valence-electron chi connectivity index (χ3n) is 6.30. The van der Waals surface area contributed by atoms with Crippen molar-refractivity contribution in [3.05, 3.63) is 0 Å². The molecule has 16 heteroatoms. The van der Waals surface area contributed by atoms with Crippen molar-refractivity contribution in [1.29, 1.82) is 0 Å². The van der Waals surface area contributed by atoms with Gasteiger partial charge in [-0.1, -0.05) is 0 Å². The molecule has 0 radical (unpaired) electrons. The van der Waals surface area contributed by atoms with Crippen molar-refractivity contribution in [2.45, 2.75) is 51.9 Å². The number of amides is 1. The van der Waals surface area contributed by atoms with Crippen LogP contribution in [0.25, 0.3) is 0 Å². The van der Waals surface area contributed by atoms with Gasteiger partial charge in [-0.05, 0) is 40.0 Å². The number of hydrogen-bond acceptors (Lipinski definition) is 15. The fourth-order valence-electron chi connectivity index (χ4n) is 3.92. The number of carbonyl (C=O) groups excluding carboxylic acids is 1. The van der Waals surface area contributed by atoms with Crippen molar-refractivity contribution in [3.8, 4) is 0 Å². The van der Waals surface area contributed by atoms with Crippen LogP contribution in [-0.4, -0.2) is 183 Å². The average Bonchev–Trinajstić information content (AvgIpc) is 3.09. The average molecular weight is 730 g/mol. The second-order valence-electron chi connectivity index (χ2n) is 11.8. The molecule has 1 saturated heterocycles. The van der Waals surface area contributed by atoms with E-state index in [9.17, 15) is 4.79 Å². The minimum absolute atomic E-state index is 0.0701. The van der Waals surface area contributed by atoms with Gasteiger partial charge in [0, 0.05) is 13.2 Å². The lowest BCUT2D eigenvalue weighted by molar-refractivity contribution is -0.169. The molecule has 0 aromatic rings. The van der Waals surface area contributed by atoms with E-state index in [1.807, 2.05) is 20.8 Å². The van der Waals surface area contributed by atoms with Crippen LogP contribution in [0.4, 0.5) is 4.79 Å². The fourth-order valence-corrected chi connectivity index (χ4v) is 3.92. The van der Waals surface area contributed by atoms with Crippen LogP contribution in [0.5, 0.6) is 0 Å². The molecule has 0 saturated carbocycles. The number of carbonyl (C=O) groups is 1. The highest BCUT2D eigenvalue weighted by Gasteiger charge is 2.15. The first-order valence-corrected chi connectivity index (χ1v) is 18.0. The largest absolute Gasteiger partial charge is 0.444 e. The number of rotatable bonds is 37. The maximum absolute atomic E-state index is 11.5. The van der Waals surface area contributed by atoms with Gasteiger partial charge in [0.25, 0.3) is 0 Å². The normalized spacial score (nSPS) is 15.1. The van der Waals surface area contributed by atoms with E-state index in [4.69, 9.17) is 66.3 Å². The minimum Gasteiger partial charge on any atom is -0.444 e. The molecule has 1 amide bonds. The second-order valence-corrected chi connectivity index (χ2v) is 11.8. The molecule has 1 atom stereocenters. The summed E-state index contributed by atoms with van der Waals surface area (Å²) in [5.41, 5.74) is -0.512. The molecule has 0 bridgehead atoms. The Morgan fingerprint density at radius 2 is 0.820 bits per heavy atom. The van der Waals surface area contributed by atoms with Gasteiger partial charge in [0.2, 0.25) is 0 Å². The van der Waals surface area contributed by atoms with E-state index in [1.165, 1.54) is 0 Å². The van der Waals surface area contributed by atoms with Crippen molar-refractivity contribution >= 4 is 6.09 Å². The monoisotopic (exact) mass is 729 g/mol. The molecule has 1 heterocycles. The van der Waals surface area contributed by atoms with Gasteiger partial charge in [0.1, 0.15) is 5.60 Å². The fraction of sp³-hybridized carbons (Fsp3) is 0.971. The Morgan fingerprint density at radius 3 is 1.12 bits per heavy atom. The van der Waals surface area contributed by atoms with E-state index in [2.05, 4.69) is 5.32 Å². The Bertz CT molecular complexity index is 711. The quantitative estimate of drug-likeness (QED) is 0.0928. The molecule has 1 aliphatic rings. The number of nitrogens with one attached hydrogen (secondary N) is 1. The number of ether oxygens (including phenoxy) is 14. The second kappa shape index (κ2) is 36.1. The van der Waals surface area contributed by atoms with E-state index >= 15 is 0 Å². The number of hydrogen-bond donors (Lipinski definition) is 1. The van der Waals surface area contributed by atoms with Crippen LogP contribution in [0.15, 0.2) is 0 Å². The van der Waals surface area contributed by atoms with E-state index in [1.54, 1.807) is 0 Å². The van der Waals surface area contributed by atoms with Crippen molar-refractivity contribution in [2.24, 2.45) is 0 Å². The van der Waals surface area contributed by atoms with Crippen LogP contribution in [-0.2, 0) is 66.3 Å². The highest BCUT2D eigenvalue weighted by atomic mass is 16.7. The van der Waals surface area contributed by atoms with Crippen LogP contribution in [0.3, 0.4) is 0 Å². The van der Waals surface area contributed by atoms with Gasteiger partial charge in [-0.3, -0.25) is 0 Å². The van der Waals surface area contributed by atoms with E-state index in [0.29, 0.717) is 159 Å². The lowest BCUT2D eigenvalue weighted by atomic mass is 10.2. The zero-order valence-corrected chi connectivity index (χ0v) is 31.0. The van der Waals surface area contributed by atoms with Crippen LogP contribution in [0.1, 0.15) is 40.0 Å². The van der Waals surface area contributed by atoms with E-state index in [0.717, 1.165) is 25.9 Å². The van der Waals surface area contributed by atoms with Gasteiger partial charge >= 0.3 is 6.09 Å². The zero-order valence-electron chi connectivity index (χ0n) is 31.0. The smallest absolute Gasteiger partial charge is 0.407 e. The minimum atomic E-state index is -0.512. The van der Waals surface area contributed by atoms with Crippen LogP contribution < -0.4 is 5.32 Å². The predicted molar refractivity (Wildman–Crippen MR) is 183 cm³/mol. The summed E-state index contributed by atoms with van der Waals surface area (Å²) in [6, 6.07) is 0. The predicted octanol–water partition coefficient (Wildman–Crippen LogP) is 2.24. The maximum Gasteiger partial charge on any atom is 0.407 e. The molecule has 0 spiro atoms. The Kier molecular flexibility index (Phi) is 33.8. The van der Waals surface area contributed by atoms with Gasteiger partial charge in [0.05, 0.1) is 152 Å². The highest BCUT2D eigenvalue weighted by molar-refractivity contribution is 5.67. The summed E-state index contributed by atoms with van der Waals surface area (Å²) in [7, 11) is 0. The molecule has 0 aliphatic carbocycles. The van der Waals surface area contributed by atoms with Crippen LogP contribution in [0.2, 0.25) is 0 Å². The van der Waals surface area contributed by atoms with Gasteiger partial charge in [0.15, 0.2) is 6.29 Å². The van der Waals surface area contributed by atoms with Crippen molar-refractivity contribution in [3.63, 3.8) is 0 Å². The SMILES string of the molecule is CC(C)(C)OC(=O)NCCOCCOCCOCCOCCOCCOCCOCCOCCOCCOCCOCCOC1CCCCO1. The third-order valence-corrected chi connectivity index (χ3v) is 6.30. The molecule has 50 heavy (non-hydrogen) atoms. The molecule has 0 aromatic heterocycles. The first kappa shape index (κ1) is 46.8. The lowest BCUT2D eigenvalue weighted by Crippen LogP contribution is -2.34. The van der Waals surface area contributed by atoms with Crippen LogP contribution >= 0.6 is 0 Å². The van der Waals surface area contributed by atoms with E-state index < -0.39 is 11.7 Å². The lowest BCUT2D eigenvalue weighted by Gasteiger charge is -2.22. The summed E-state index contributed by atoms with van der Waals surface area (Å²) in [6.45, 7) is 18.0. The Balaban J connectivity index is 1.62. The van der Waals surface area contributed by atoms with Crippen molar-refractivity contribution < 1.29 is 71.1 Å². The van der Waals surface area contributed by atoms with Gasteiger partial charge in [-0.15, -0.1) is 0 Å². The molecule has 1 rings (SSSR count). The van der Waals surface area contributed by atoms with E-state index in [-0.39, 0.29) is 6.29 Å². The zero-order chi connectivity index (χ0) is 36.1. The van der Waals surface area contributed by atoms with Gasteiger partial charge in [-0.2, -0.15) is 0 Å². The molecule has 16 nitrogen and oxygen atoms in total. The highest BCUT2D eigenvalue weighted by Crippen LogP contribution is 2.13. The van der Waals surface area contributed by atoms with Crippen LogP contribution in [0, 0.1) is 0 Å². The first-order valence-electron chi connectivity index (χ1n) is 18.0. The molecule has 298 valence electrons. The maximum atomic E-state index is 11.5. The molecular weight excluding hydrogens is 662 g/mol. The summed E-state index contributed by atoms with van der Waals surface area (Å²) >= 11 is 0. The molecule has 1 fully saturated rings. The van der Waals surface area contributed by atoms with Gasteiger partial charge < -0.3 is 71.6 Å². The summed E-state index contributed by atoms with van der Waals surface area (Å²) in [4.78, 5) is 11.5. The third kappa shape index (κ3) is 36.5.